The van der Waals surface area contributed by atoms with E-state index in [9.17, 15) is 0 Å². The lowest BCUT2D eigenvalue weighted by molar-refractivity contribution is 0.359. The number of hydrogen-bond acceptors (Lipinski definition) is 1. The lowest BCUT2D eigenvalue weighted by Crippen LogP contribution is -2.16. The van der Waals surface area contributed by atoms with E-state index in [1.54, 1.807) is 0 Å². The van der Waals surface area contributed by atoms with Gasteiger partial charge in [-0.25, -0.2) is 0 Å². The highest BCUT2D eigenvalue weighted by atomic mass is 28.3. The van der Waals surface area contributed by atoms with Crippen LogP contribution in [0.2, 0.25) is 19.6 Å². The topological polar surface area (TPSA) is 12.5 Å². The first kappa shape index (κ1) is 14.8. The van der Waals surface area contributed by atoms with Crippen LogP contribution in [0.5, 0.6) is 0 Å². The smallest absolute Gasteiger partial charge is 0.129 e. The lowest BCUT2D eigenvalue weighted by atomic mass is 10.1. The zero-order valence-electron chi connectivity index (χ0n) is 12.0. The molecule has 98 valence electrons. The Bertz CT molecular complexity index is 269. The van der Waals surface area contributed by atoms with Gasteiger partial charge in [-0.05, 0) is 6.42 Å². The van der Waals surface area contributed by atoms with Crippen molar-refractivity contribution in [2.45, 2.75) is 83.7 Å². The monoisotopic (exact) mass is 252 g/mol. The molecule has 2 heteroatoms. The van der Waals surface area contributed by atoms with Gasteiger partial charge < -0.3 is 4.74 Å². The van der Waals surface area contributed by atoms with Crippen LogP contribution in [-0.4, -0.2) is 20.3 Å². The second-order valence-corrected chi connectivity index (χ2v) is 10.9. The molecule has 0 unspecified atom stereocenters. The molecule has 0 radical (unpaired) electrons. The van der Waals surface area contributed by atoms with Crippen LogP contribution in [0.15, 0.2) is 0 Å². The van der Waals surface area contributed by atoms with E-state index in [1.165, 1.54) is 38.5 Å². The number of rotatable bonds is 7. The largest absolute Gasteiger partial charge is 0.369 e. The van der Waals surface area contributed by atoms with Gasteiger partial charge in [-0.15, -0.1) is 11.5 Å². The average molecular weight is 252 g/mol. The summed E-state index contributed by atoms with van der Waals surface area (Å²) < 4.78 is 5.65. The highest BCUT2D eigenvalue weighted by Crippen LogP contribution is 2.29. The van der Waals surface area contributed by atoms with E-state index in [2.05, 4.69) is 38.0 Å². The number of hydrogen-bond donors (Lipinski definition) is 0. The third-order valence-corrected chi connectivity index (χ3v) is 3.97. The van der Waals surface area contributed by atoms with Gasteiger partial charge in [0.1, 0.15) is 8.07 Å². The van der Waals surface area contributed by atoms with Gasteiger partial charge in [0.25, 0.3) is 0 Å². The van der Waals surface area contributed by atoms with Crippen LogP contribution in [0.4, 0.5) is 0 Å². The molecule has 17 heavy (non-hydrogen) atoms. The molecule has 2 atom stereocenters. The van der Waals surface area contributed by atoms with E-state index >= 15 is 0 Å². The summed E-state index contributed by atoms with van der Waals surface area (Å²) in [5, 5.41) is 0. The Morgan fingerprint density at radius 2 is 1.71 bits per heavy atom. The Morgan fingerprint density at radius 1 is 1.00 bits per heavy atom. The van der Waals surface area contributed by atoms with Crippen molar-refractivity contribution in [1.29, 1.82) is 0 Å². The summed E-state index contributed by atoms with van der Waals surface area (Å²) >= 11 is 0. The van der Waals surface area contributed by atoms with Crippen LogP contribution in [0.1, 0.15) is 51.9 Å². The third kappa shape index (κ3) is 7.62. The minimum atomic E-state index is -1.18. The predicted octanol–water partition coefficient (Wildman–Crippen LogP) is 4.39. The van der Waals surface area contributed by atoms with Crippen LogP contribution < -0.4 is 0 Å². The molecule has 1 saturated heterocycles. The average Bonchev–Trinajstić information content (AvgIpc) is 2.95. The predicted molar refractivity (Wildman–Crippen MR) is 77.8 cm³/mol. The molecule has 0 aromatic carbocycles. The molecule has 1 heterocycles. The van der Waals surface area contributed by atoms with Gasteiger partial charge in [-0.3, -0.25) is 0 Å². The van der Waals surface area contributed by atoms with Crippen molar-refractivity contribution in [2.75, 3.05) is 0 Å². The Hall–Kier alpha value is -0.263. The van der Waals surface area contributed by atoms with Crippen LogP contribution >= 0.6 is 0 Å². The first-order chi connectivity index (χ1) is 8.03. The fraction of sp³-hybridized carbons (Fsp3) is 0.867. The van der Waals surface area contributed by atoms with Crippen molar-refractivity contribution >= 4 is 8.07 Å². The minimum Gasteiger partial charge on any atom is -0.369 e. The molecule has 1 aliphatic heterocycles. The van der Waals surface area contributed by atoms with Crippen molar-refractivity contribution < 1.29 is 4.74 Å². The van der Waals surface area contributed by atoms with E-state index in [-0.39, 0.29) is 0 Å². The van der Waals surface area contributed by atoms with Gasteiger partial charge in [0, 0.05) is 6.42 Å². The highest BCUT2D eigenvalue weighted by molar-refractivity contribution is 6.83. The summed E-state index contributed by atoms with van der Waals surface area (Å²) in [4.78, 5) is 0. The highest BCUT2D eigenvalue weighted by Gasteiger charge is 2.36. The fourth-order valence-electron chi connectivity index (χ4n) is 1.98. The van der Waals surface area contributed by atoms with Crippen molar-refractivity contribution in [3.8, 4) is 11.5 Å². The van der Waals surface area contributed by atoms with Crippen molar-refractivity contribution in [3.63, 3.8) is 0 Å². The normalized spacial score (nSPS) is 23.1. The minimum absolute atomic E-state index is 0.463. The summed E-state index contributed by atoms with van der Waals surface area (Å²) in [6.07, 6.45) is 10.0. The van der Waals surface area contributed by atoms with Gasteiger partial charge in [0.15, 0.2) is 0 Å². The van der Waals surface area contributed by atoms with Crippen molar-refractivity contribution in [3.05, 3.63) is 0 Å². The molecule has 1 aliphatic rings. The van der Waals surface area contributed by atoms with Gasteiger partial charge in [0.2, 0.25) is 0 Å². The zero-order chi connectivity index (χ0) is 12.7. The standard InChI is InChI=1S/C15H28OSi/c1-5-6-7-8-9-11-14-15(16-14)12-10-13-17(2,3)4/h14-15H,5-9,11-12H2,1-4H3/t14-,15+/m0/s1. The van der Waals surface area contributed by atoms with E-state index < -0.39 is 8.07 Å². The number of unbranched alkanes of at least 4 members (excludes halogenated alkanes) is 4. The molecule has 0 saturated carbocycles. The summed E-state index contributed by atoms with van der Waals surface area (Å²) in [5.41, 5.74) is 3.41. The van der Waals surface area contributed by atoms with Gasteiger partial charge in [-0.1, -0.05) is 58.7 Å². The molecule has 0 N–H and O–H groups in total. The first-order valence-electron chi connectivity index (χ1n) is 7.18. The van der Waals surface area contributed by atoms with Crippen molar-refractivity contribution in [2.24, 2.45) is 0 Å². The molecule has 0 amide bonds. The molecular formula is C15H28OSi. The first-order valence-corrected chi connectivity index (χ1v) is 10.7. The zero-order valence-corrected chi connectivity index (χ0v) is 13.0. The number of epoxide rings is 1. The van der Waals surface area contributed by atoms with Crippen LogP contribution in [-0.2, 0) is 4.74 Å². The third-order valence-electron chi connectivity index (χ3n) is 3.05. The van der Waals surface area contributed by atoms with Crippen molar-refractivity contribution in [1.82, 2.24) is 0 Å². The Labute approximate surface area is 108 Å². The van der Waals surface area contributed by atoms with Gasteiger partial charge >= 0.3 is 0 Å². The maximum atomic E-state index is 5.65. The van der Waals surface area contributed by atoms with E-state index in [4.69, 9.17) is 4.74 Å². The summed E-state index contributed by atoms with van der Waals surface area (Å²) in [5.74, 6) is 3.31. The Morgan fingerprint density at radius 3 is 2.35 bits per heavy atom. The summed E-state index contributed by atoms with van der Waals surface area (Å²) in [6.45, 7) is 9.13. The lowest BCUT2D eigenvalue weighted by Gasteiger charge is -2.02. The second kappa shape index (κ2) is 7.23. The Kier molecular flexibility index (Phi) is 6.30. The van der Waals surface area contributed by atoms with Gasteiger partial charge in [-0.2, -0.15) is 0 Å². The number of ether oxygens (including phenoxy) is 1. The summed E-state index contributed by atoms with van der Waals surface area (Å²) in [6, 6.07) is 0. The molecule has 1 fully saturated rings. The SMILES string of the molecule is CCCCCCC[C@@H]1O[C@@H]1CC#C[Si](C)(C)C. The quantitative estimate of drug-likeness (QED) is 0.283. The molecule has 0 aromatic rings. The second-order valence-electron chi connectivity index (χ2n) is 6.17. The summed E-state index contributed by atoms with van der Waals surface area (Å²) in [7, 11) is -1.18. The molecule has 0 bridgehead atoms. The molecule has 0 aliphatic carbocycles. The van der Waals surface area contributed by atoms with Crippen LogP contribution in [0, 0.1) is 11.5 Å². The fourth-order valence-corrected chi connectivity index (χ4v) is 2.61. The van der Waals surface area contributed by atoms with Crippen LogP contribution in [0.3, 0.4) is 0 Å². The molecule has 1 nitrogen and oxygen atoms in total. The molecular weight excluding hydrogens is 224 g/mol. The molecule has 0 aromatic heterocycles. The molecule has 0 spiro atoms. The van der Waals surface area contributed by atoms with E-state index in [0.717, 1.165) is 6.42 Å². The van der Waals surface area contributed by atoms with E-state index in [0.29, 0.717) is 12.2 Å². The van der Waals surface area contributed by atoms with Gasteiger partial charge in [0.05, 0.1) is 12.2 Å². The Balaban J connectivity index is 1.99. The maximum absolute atomic E-state index is 5.65. The van der Waals surface area contributed by atoms with Crippen LogP contribution in [0.25, 0.3) is 0 Å². The van der Waals surface area contributed by atoms with E-state index in [1.807, 2.05) is 0 Å². The maximum Gasteiger partial charge on any atom is 0.129 e. The molecule has 1 rings (SSSR count).